The van der Waals surface area contributed by atoms with Crippen LogP contribution >= 0.6 is 0 Å². The maximum absolute atomic E-state index is 11.9. The monoisotopic (exact) mass is 223 g/mol. The summed E-state index contributed by atoms with van der Waals surface area (Å²) < 4.78 is 4.07. The third-order valence-corrected chi connectivity index (χ3v) is 2.70. The topological polar surface area (TPSA) is 73.8 Å². The molecular formula is C9H13N5O2. The number of anilines is 1. The van der Waals surface area contributed by atoms with E-state index in [1.54, 1.807) is 25.7 Å². The molecule has 7 heteroatoms. The summed E-state index contributed by atoms with van der Waals surface area (Å²) in [5, 5.41) is 2.87. The minimum atomic E-state index is -0.377. The molecule has 0 aliphatic heterocycles. The summed E-state index contributed by atoms with van der Waals surface area (Å²) in [7, 11) is 6.49. The Morgan fingerprint density at radius 2 is 1.69 bits per heavy atom. The Morgan fingerprint density at radius 3 is 2.25 bits per heavy atom. The maximum atomic E-state index is 11.9. The van der Waals surface area contributed by atoms with Gasteiger partial charge in [-0.05, 0) is 0 Å². The van der Waals surface area contributed by atoms with Crippen LogP contribution in [0.5, 0.6) is 0 Å². The van der Waals surface area contributed by atoms with E-state index in [1.165, 1.54) is 11.6 Å². The van der Waals surface area contributed by atoms with Crippen molar-refractivity contribution in [1.29, 1.82) is 0 Å². The number of nitrogens with one attached hydrogen (secondary N) is 1. The first-order valence-electron chi connectivity index (χ1n) is 4.79. The van der Waals surface area contributed by atoms with Crippen molar-refractivity contribution >= 4 is 17.1 Å². The number of hydrogen-bond donors (Lipinski definition) is 1. The lowest BCUT2D eigenvalue weighted by Gasteiger charge is -2.03. The fraction of sp³-hybridized carbons (Fsp3) is 0.444. The van der Waals surface area contributed by atoms with Crippen LogP contribution < -0.4 is 16.6 Å². The Bertz CT molecular complexity index is 676. The molecule has 0 atom stereocenters. The SMILES string of the molecule is CNc1nc2c(c(=O)n(C)c(=O)n2C)n1C. The second kappa shape index (κ2) is 3.22. The van der Waals surface area contributed by atoms with Gasteiger partial charge in [0.2, 0.25) is 5.95 Å². The fourth-order valence-corrected chi connectivity index (χ4v) is 1.74. The highest BCUT2D eigenvalue weighted by Gasteiger charge is 2.15. The van der Waals surface area contributed by atoms with Crippen LogP contribution in [0.15, 0.2) is 9.59 Å². The number of aromatic nitrogens is 4. The van der Waals surface area contributed by atoms with Crippen LogP contribution in [0.1, 0.15) is 0 Å². The van der Waals surface area contributed by atoms with Gasteiger partial charge < -0.3 is 9.88 Å². The van der Waals surface area contributed by atoms with Crippen molar-refractivity contribution in [2.45, 2.75) is 0 Å². The Balaban J connectivity index is 3.13. The van der Waals surface area contributed by atoms with E-state index in [0.717, 1.165) is 4.57 Å². The van der Waals surface area contributed by atoms with E-state index < -0.39 is 0 Å². The summed E-state index contributed by atoms with van der Waals surface area (Å²) in [5.74, 6) is 0.549. The summed E-state index contributed by atoms with van der Waals surface area (Å²) in [5.41, 5.74) is 0.0850. The molecule has 86 valence electrons. The van der Waals surface area contributed by atoms with E-state index in [-0.39, 0.29) is 11.2 Å². The number of aryl methyl sites for hydroxylation is 2. The first kappa shape index (κ1) is 10.5. The highest BCUT2D eigenvalue weighted by Crippen LogP contribution is 2.11. The highest BCUT2D eigenvalue weighted by atomic mass is 16.2. The van der Waals surface area contributed by atoms with Crippen molar-refractivity contribution in [3.63, 3.8) is 0 Å². The van der Waals surface area contributed by atoms with Gasteiger partial charge in [-0.3, -0.25) is 13.9 Å². The minimum Gasteiger partial charge on any atom is -0.359 e. The molecular weight excluding hydrogens is 210 g/mol. The molecule has 0 spiro atoms. The molecule has 0 fully saturated rings. The van der Waals surface area contributed by atoms with Crippen molar-refractivity contribution in [3.8, 4) is 0 Å². The molecule has 0 aliphatic rings. The lowest BCUT2D eigenvalue weighted by atomic mass is 10.5. The average molecular weight is 223 g/mol. The smallest absolute Gasteiger partial charge is 0.332 e. The molecule has 0 radical (unpaired) electrons. The van der Waals surface area contributed by atoms with Crippen molar-refractivity contribution in [2.75, 3.05) is 12.4 Å². The van der Waals surface area contributed by atoms with Gasteiger partial charge in [0.25, 0.3) is 5.56 Å². The van der Waals surface area contributed by atoms with Crippen LogP contribution in [0, 0.1) is 0 Å². The molecule has 16 heavy (non-hydrogen) atoms. The molecule has 0 bridgehead atoms. The number of rotatable bonds is 1. The molecule has 0 aliphatic carbocycles. The van der Waals surface area contributed by atoms with Gasteiger partial charge >= 0.3 is 5.69 Å². The molecule has 2 aromatic rings. The first-order valence-corrected chi connectivity index (χ1v) is 4.79. The van der Waals surface area contributed by atoms with Crippen LogP contribution in [-0.4, -0.2) is 25.7 Å². The highest BCUT2D eigenvalue weighted by molar-refractivity contribution is 5.73. The predicted molar refractivity (Wildman–Crippen MR) is 60.7 cm³/mol. The fourth-order valence-electron chi connectivity index (χ4n) is 1.74. The molecule has 2 heterocycles. The van der Waals surface area contributed by atoms with Crippen LogP contribution in [0.25, 0.3) is 11.2 Å². The molecule has 2 rings (SSSR count). The third-order valence-electron chi connectivity index (χ3n) is 2.70. The largest absolute Gasteiger partial charge is 0.359 e. The summed E-state index contributed by atoms with van der Waals surface area (Å²) in [6.07, 6.45) is 0. The van der Waals surface area contributed by atoms with Gasteiger partial charge in [0.05, 0.1) is 0 Å². The van der Waals surface area contributed by atoms with Gasteiger partial charge in [0, 0.05) is 28.2 Å². The second-order valence-electron chi connectivity index (χ2n) is 3.62. The zero-order valence-corrected chi connectivity index (χ0v) is 9.61. The first-order chi connectivity index (χ1) is 7.49. The van der Waals surface area contributed by atoms with E-state index in [1.807, 2.05) is 0 Å². The van der Waals surface area contributed by atoms with Gasteiger partial charge in [0.15, 0.2) is 11.2 Å². The van der Waals surface area contributed by atoms with Crippen molar-refractivity contribution in [1.82, 2.24) is 18.7 Å². The summed E-state index contributed by atoms with van der Waals surface area (Å²) in [6, 6.07) is 0. The Morgan fingerprint density at radius 1 is 1.06 bits per heavy atom. The van der Waals surface area contributed by atoms with Crippen molar-refractivity contribution in [2.24, 2.45) is 21.1 Å². The Hall–Kier alpha value is -2.05. The van der Waals surface area contributed by atoms with Crippen molar-refractivity contribution < 1.29 is 0 Å². The normalized spacial score (nSPS) is 11.0. The predicted octanol–water partition coefficient (Wildman–Crippen LogP) is -0.988. The quantitative estimate of drug-likeness (QED) is 0.674. The maximum Gasteiger partial charge on any atom is 0.332 e. The van der Waals surface area contributed by atoms with Gasteiger partial charge in [0.1, 0.15) is 0 Å². The lowest BCUT2D eigenvalue weighted by Crippen LogP contribution is -2.37. The number of imidazole rings is 1. The molecule has 0 unspecified atom stereocenters. The van der Waals surface area contributed by atoms with Gasteiger partial charge in [-0.25, -0.2) is 4.79 Å². The van der Waals surface area contributed by atoms with E-state index >= 15 is 0 Å². The number of hydrogen-bond acceptors (Lipinski definition) is 4. The van der Waals surface area contributed by atoms with Crippen LogP contribution in [0.4, 0.5) is 5.95 Å². The van der Waals surface area contributed by atoms with E-state index in [2.05, 4.69) is 10.3 Å². The van der Waals surface area contributed by atoms with Crippen molar-refractivity contribution in [3.05, 3.63) is 20.8 Å². The Kier molecular flexibility index (Phi) is 2.11. The molecule has 0 saturated heterocycles. The van der Waals surface area contributed by atoms with Crippen LogP contribution in [0.2, 0.25) is 0 Å². The standard InChI is InChI=1S/C9H13N5O2/c1-10-8-11-6-5(12(8)2)7(15)14(4)9(16)13(6)3/h1-4H3,(H,10,11). The Labute approximate surface area is 90.9 Å². The van der Waals surface area contributed by atoms with Gasteiger partial charge in [-0.1, -0.05) is 0 Å². The van der Waals surface area contributed by atoms with Gasteiger partial charge in [-0.15, -0.1) is 0 Å². The summed E-state index contributed by atoms with van der Waals surface area (Å²) in [6.45, 7) is 0. The van der Waals surface area contributed by atoms with Crippen LogP contribution in [0.3, 0.4) is 0 Å². The summed E-state index contributed by atoms with van der Waals surface area (Å²) >= 11 is 0. The zero-order chi connectivity index (χ0) is 12.0. The molecule has 0 aromatic carbocycles. The molecule has 1 N–H and O–H groups in total. The van der Waals surface area contributed by atoms with E-state index in [0.29, 0.717) is 17.1 Å². The third kappa shape index (κ3) is 1.11. The number of fused-ring (bicyclic) bond motifs is 1. The van der Waals surface area contributed by atoms with E-state index in [9.17, 15) is 9.59 Å². The average Bonchev–Trinajstić information content (AvgIpc) is 2.61. The molecule has 7 nitrogen and oxygen atoms in total. The lowest BCUT2D eigenvalue weighted by molar-refractivity contribution is 0.705. The molecule has 2 aromatic heterocycles. The summed E-state index contributed by atoms with van der Waals surface area (Å²) in [4.78, 5) is 27.8. The van der Waals surface area contributed by atoms with Crippen LogP contribution in [-0.2, 0) is 21.1 Å². The molecule has 0 amide bonds. The minimum absolute atomic E-state index is 0.338. The second-order valence-corrected chi connectivity index (χ2v) is 3.62. The van der Waals surface area contributed by atoms with Gasteiger partial charge in [-0.2, -0.15) is 4.98 Å². The van der Waals surface area contributed by atoms with E-state index in [4.69, 9.17) is 0 Å². The molecule has 0 saturated carbocycles. The zero-order valence-electron chi connectivity index (χ0n) is 9.61. The number of nitrogens with zero attached hydrogens (tertiary/aromatic N) is 4.